The summed E-state index contributed by atoms with van der Waals surface area (Å²) in [6.07, 6.45) is 0.278. The molecule has 0 amide bonds. The first-order valence-corrected chi connectivity index (χ1v) is 6.22. The summed E-state index contributed by atoms with van der Waals surface area (Å²) in [5, 5.41) is 10.1. The van der Waals surface area contributed by atoms with Crippen molar-refractivity contribution in [3.63, 3.8) is 0 Å². The van der Waals surface area contributed by atoms with E-state index in [1.54, 1.807) is 30.3 Å². The molecule has 0 radical (unpaired) electrons. The van der Waals surface area contributed by atoms with Gasteiger partial charge >= 0.3 is 0 Å². The van der Waals surface area contributed by atoms with E-state index < -0.39 is 0 Å². The zero-order valence-electron chi connectivity index (χ0n) is 9.12. The number of pyridine rings is 1. The van der Waals surface area contributed by atoms with Gasteiger partial charge < -0.3 is 0 Å². The van der Waals surface area contributed by atoms with Crippen molar-refractivity contribution in [3.8, 4) is 17.3 Å². The van der Waals surface area contributed by atoms with Gasteiger partial charge in [0.25, 0.3) is 0 Å². The van der Waals surface area contributed by atoms with Crippen molar-refractivity contribution >= 4 is 34.8 Å². The van der Waals surface area contributed by atoms with Crippen LogP contribution in [0, 0.1) is 11.3 Å². The van der Waals surface area contributed by atoms with Gasteiger partial charge in [0.1, 0.15) is 5.15 Å². The predicted molar refractivity (Wildman–Crippen MR) is 74.0 cm³/mol. The molecule has 0 aliphatic rings. The molecule has 0 atom stereocenters. The number of rotatable bonds is 2. The van der Waals surface area contributed by atoms with Gasteiger partial charge in [0.2, 0.25) is 0 Å². The van der Waals surface area contributed by atoms with E-state index in [4.69, 9.17) is 40.1 Å². The highest BCUT2D eigenvalue weighted by Crippen LogP contribution is 2.30. The third kappa shape index (κ3) is 2.94. The van der Waals surface area contributed by atoms with Crippen LogP contribution in [-0.4, -0.2) is 4.98 Å². The number of benzene rings is 1. The molecule has 0 N–H and O–H groups in total. The predicted octanol–water partition coefficient (Wildman–Crippen LogP) is 4.77. The van der Waals surface area contributed by atoms with E-state index in [9.17, 15) is 0 Å². The Hall–Kier alpha value is -1.27. The molecule has 5 heteroatoms. The maximum absolute atomic E-state index is 8.71. The molecule has 0 unspecified atom stereocenters. The van der Waals surface area contributed by atoms with Gasteiger partial charge in [-0.3, -0.25) is 0 Å². The summed E-state index contributed by atoms with van der Waals surface area (Å²) in [5.74, 6) is 0. The lowest BCUT2D eigenvalue weighted by molar-refractivity contribution is 1.21. The quantitative estimate of drug-likeness (QED) is 0.748. The molecular weight excluding hydrogens is 291 g/mol. The molecule has 2 rings (SSSR count). The third-order valence-electron chi connectivity index (χ3n) is 2.34. The van der Waals surface area contributed by atoms with Crippen molar-refractivity contribution in [2.24, 2.45) is 0 Å². The number of nitrogens with zero attached hydrogens (tertiary/aromatic N) is 2. The van der Waals surface area contributed by atoms with Crippen molar-refractivity contribution in [2.75, 3.05) is 0 Å². The van der Waals surface area contributed by atoms with Crippen LogP contribution in [0.15, 0.2) is 30.3 Å². The second kappa shape index (κ2) is 5.58. The van der Waals surface area contributed by atoms with E-state index in [1.165, 1.54) is 0 Å². The first-order chi connectivity index (χ1) is 8.60. The summed E-state index contributed by atoms with van der Waals surface area (Å²) in [7, 11) is 0. The summed E-state index contributed by atoms with van der Waals surface area (Å²) in [6, 6.07) is 10.7. The minimum absolute atomic E-state index is 0.278. The van der Waals surface area contributed by atoms with Gasteiger partial charge in [-0.15, -0.1) is 0 Å². The SMILES string of the molecule is N#CCc1cc(Cl)nc(-c2ccc(Cl)cc2Cl)c1. The first kappa shape index (κ1) is 13.2. The summed E-state index contributed by atoms with van der Waals surface area (Å²) in [5.41, 5.74) is 2.18. The molecule has 0 aliphatic heterocycles. The number of hydrogen-bond acceptors (Lipinski definition) is 2. The second-order valence-corrected chi connectivity index (χ2v) is 4.87. The van der Waals surface area contributed by atoms with Crippen LogP contribution in [0.2, 0.25) is 15.2 Å². The highest BCUT2D eigenvalue weighted by Gasteiger charge is 2.08. The van der Waals surface area contributed by atoms with Gasteiger partial charge in [-0.2, -0.15) is 5.26 Å². The average molecular weight is 298 g/mol. The highest BCUT2D eigenvalue weighted by atomic mass is 35.5. The molecule has 18 heavy (non-hydrogen) atoms. The molecular formula is C13H7Cl3N2. The molecule has 0 bridgehead atoms. The van der Waals surface area contributed by atoms with E-state index >= 15 is 0 Å². The zero-order valence-corrected chi connectivity index (χ0v) is 11.4. The zero-order chi connectivity index (χ0) is 13.1. The van der Waals surface area contributed by atoms with Crippen LogP contribution >= 0.6 is 34.8 Å². The summed E-state index contributed by atoms with van der Waals surface area (Å²) in [4.78, 5) is 4.21. The molecule has 0 aliphatic carbocycles. The van der Waals surface area contributed by atoms with Crippen molar-refractivity contribution in [1.82, 2.24) is 4.98 Å². The van der Waals surface area contributed by atoms with E-state index in [2.05, 4.69) is 11.1 Å². The van der Waals surface area contributed by atoms with Crippen LogP contribution in [-0.2, 0) is 6.42 Å². The number of aromatic nitrogens is 1. The molecule has 1 aromatic heterocycles. The fourth-order valence-electron chi connectivity index (χ4n) is 1.58. The van der Waals surface area contributed by atoms with Gasteiger partial charge in [-0.25, -0.2) is 4.98 Å². The molecule has 0 fully saturated rings. The average Bonchev–Trinajstić information content (AvgIpc) is 2.28. The van der Waals surface area contributed by atoms with E-state index in [0.717, 1.165) is 11.1 Å². The van der Waals surface area contributed by atoms with E-state index in [1.807, 2.05) is 0 Å². The molecule has 1 aromatic carbocycles. The van der Waals surface area contributed by atoms with Crippen LogP contribution in [0.25, 0.3) is 11.3 Å². The fourth-order valence-corrected chi connectivity index (χ4v) is 2.31. The molecule has 2 aromatic rings. The van der Waals surface area contributed by atoms with Crippen LogP contribution in [0.4, 0.5) is 0 Å². The van der Waals surface area contributed by atoms with Gasteiger partial charge in [-0.05, 0) is 35.9 Å². The molecule has 0 saturated heterocycles. The standard InChI is InChI=1S/C13H7Cl3N2/c14-9-1-2-10(11(15)7-9)12-5-8(3-4-17)6-13(16)18-12/h1-2,5-7H,3H2. The summed E-state index contributed by atoms with van der Waals surface area (Å²) >= 11 is 17.9. The Kier molecular flexibility index (Phi) is 4.08. The van der Waals surface area contributed by atoms with E-state index in [0.29, 0.717) is 20.9 Å². The molecule has 0 spiro atoms. The number of hydrogen-bond donors (Lipinski definition) is 0. The Labute approximate surface area is 120 Å². The van der Waals surface area contributed by atoms with Crippen LogP contribution in [0.1, 0.15) is 5.56 Å². The molecule has 2 nitrogen and oxygen atoms in total. The van der Waals surface area contributed by atoms with Gasteiger partial charge in [-0.1, -0.05) is 34.8 Å². The van der Waals surface area contributed by atoms with Crippen molar-refractivity contribution < 1.29 is 0 Å². The van der Waals surface area contributed by atoms with Gasteiger partial charge in [0.15, 0.2) is 0 Å². The maximum Gasteiger partial charge on any atom is 0.130 e. The topological polar surface area (TPSA) is 36.7 Å². The monoisotopic (exact) mass is 296 g/mol. The summed E-state index contributed by atoms with van der Waals surface area (Å²) in [6.45, 7) is 0. The van der Waals surface area contributed by atoms with Crippen molar-refractivity contribution in [2.45, 2.75) is 6.42 Å². The fraction of sp³-hybridized carbons (Fsp3) is 0.0769. The van der Waals surface area contributed by atoms with Crippen LogP contribution in [0.3, 0.4) is 0 Å². The largest absolute Gasteiger partial charge is 0.236 e. The van der Waals surface area contributed by atoms with Crippen molar-refractivity contribution in [1.29, 1.82) is 5.26 Å². The maximum atomic E-state index is 8.71. The first-order valence-electron chi connectivity index (χ1n) is 5.09. The molecule has 90 valence electrons. The molecule has 1 heterocycles. The summed E-state index contributed by atoms with van der Waals surface area (Å²) < 4.78 is 0. The van der Waals surface area contributed by atoms with Crippen molar-refractivity contribution in [3.05, 3.63) is 51.1 Å². The molecule has 0 saturated carbocycles. The lowest BCUT2D eigenvalue weighted by Gasteiger charge is -2.06. The Morgan fingerprint density at radius 1 is 1.11 bits per heavy atom. The third-order valence-corrected chi connectivity index (χ3v) is 3.09. The second-order valence-electron chi connectivity index (χ2n) is 3.64. The lowest BCUT2D eigenvalue weighted by Crippen LogP contribution is -1.90. The van der Waals surface area contributed by atoms with Gasteiger partial charge in [0.05, 0.1) is 23.2 Å². The Bertz CT molecular complexity index is 633. The number of nitriles is 1. The van der Waals surface area contributed by atoms with Crippen LogP contribution < -0.4 is 0 Å². The minimum atomic E-state index is 0.278. The Morgan fingerprint density at radius 3 is 2.56 bits per heavy atom. The van der Waals surface area contributed by atoms with Crippen LogP contribution in [0.5, 0.6) is 0 Å². The Balaban J connectivity index is 2.53. The highest BCUT2D eigenvalue weighted by molar-refractivity contribution is 6.36. The normalized spacial score (nSPS) is 10.1. The van der Waals surface area contributed by atoms with E-state index in [-0.39, 0.29) is 6.42 Å². The Morgan fingerprint density at radius 2 is 1.89 bits per heavy atom. The lowest BCUT2D eigenvalue weighted by atomic mass is 10.1. The number of halogens is 3. The van der Waals surface area contributed by atoms with Gasteiger partial charge in [0, 0.05) is 10.6 Å². The smallest absolute Gasteiger partial charge is 0.130 e. The minimum Gasteiger partial charge on any atom is -0.236 e.